The van der Waals surface area contributed by atoms with E-state index < -0.39 is 23.4 Å². The van der Waals surface area contributed by atoms with E-state index in [2.05, 4.69) is 28.4 Å². The zero-order valence-corrected chi connectivity index (χ0v) is 18.3. The van der Waals surface area contributed by atoms with Crippen LogP contribution in [0.15, 0.2) is 18.2 Å². The number of carboxylic acids is 1. The standard InChI is InChI=1S/C23H31FN2O5/c1-14-10-19(14)23(22(28)29)7-6-17(13-31-23)25-8-9-26(15(2)12-25)16-4-5-20(24)18(11-16)21(27)30-3/h4-5,11,14-15,17,19H,6-10,12-13H2,1-3H3,(H,28,29)/t14?,15-,17+,19?,23-/m0/s1. The van der Waals surface area contributed by atoms with Crippen LogP contribution in [-0.2, 0) is 14.3 Å². The maximum atomic E-state index is 14.0. The lowest BCUT2D eigenvalue weighted by Gasteiger charge is -2.47. The first-order valence-corrected chi connectivity index (χ1v) is 11.0. The number of esters is 1. The topological polar surface area (TPSA) is 79.3 Å². The monoisotopic (exact) mass is 434 g/mol. The van der Waals surface area contributed by atoms with Crippen LogP contribution < -0.4 is 4.90 Å². The number of methoxy groups -OCH3 is 1. The van der Waals surface area contributed by atoms with Crippen molar-refractivity contribution >= 4 is 17.6 Å². The van der Waals surface area contributed by atoms with Crippen LogP contribution in [0.3, 0.4) is 0 Å². The van der Waals surface area contributed by atoms with Crippen molar-refractivity contribution in [3.05, 3.63) is 29.6 Å². The van der Waals surface area contributed by atoms with Crippen molar-refractivity contribution in [3.63, 3.8) is 0 Å². The summed E-state index contributed by atoms with van der Waals surface area (Å²) in [7, 11) is 1.24. The summed E-state index contributed by atoms with van der Waals surface area (Å²) in [5.74, 6) is -1.55. The Morgan fingerprint density at radius 1 is 1.29 bits per heavy atom. The van der Waals surface area contributed by atoms with Crippen LogP contribution in [0.1, 0.15) is 43.5 Å². The zero-order valence-electron chi connectivity index (χ0n) is 18.3. The molecule has 3 fully saturated rings. The average molecular weight is 435 g/mol. The number of hydrogen-bond acceptors (Lipinski definition) is 6. The summed E-state index contributed by atoms with van der Waals surface area (Å²) in [4.78, 5) is 28.3. The molecule has 1 aliphatic carbocycles. The van der Waals surface area contributed by atoms with Gasteiger partial charge in [0, 0.05) is 43.3 Å². The Morgan fingerprint density at radius 2 is 2.03 bits per heavy atom. The maximum Gasteiger partial charge on any atom is 0.340 e. The van der Waals surface area contributed by atoms with Gasteiger partial charge in [-0.15, -0.1) is 0 Å². The average Bonchev–Trinajstić information content (AvgIpc) is 3.50. The van der Waals surface area contributed by atoms with E-state index in [9.17, 15) is 19.1 Å². The SMILES string of the molecule is COC(=O)c1cc(N2CCN([C@@H]3CC[C@@](C(=O)O)(C4CC4C)OC3)C[C@@H]2C)ccc1F. The fourth-order valence-corrected chi connectivity index (χ4v) is 5.32. The van der Waals surface area contributed by atoms with Gasteiger partial charge in [-0.05, 0) is 50.3 Å². The summed E-state index contributed by atoms with van der Waals surface area (Å²) >= 11 is 0. The van der Waals surface area contributed by atoms with Crippen LogP contribution in [0.5, 0.6) is 0 Å². The third kappa shape index (κ3) is 4.03. The number of carbonyl (C=O) groups is 2. The van der Waals surface area contributed by atoms with Crippen molar-refractivity contribution < 1.29 is 28.6 Å². The largest absolute Gasteiger partial charge is 0.479 e. The maximum absolute atomic E-state index is 14.0. The molecule has 5 atom stereocenters. The Hall–Kier alpha value is -2.19. The quantitative estimate of drug-likeness (QED) is 0.714. The molecule has 0 aromatic heterocycles. The summed E-state index contributed by atoms with van der Waals surface area (Å²) in [5.41, 5.74) is -0.280. The van der Waals surface area contributed by atoms with Crippen molar-refractivity contribution in [2.45, 2.75) is 50.8 Å². The molecule has 0 spiro atoms. The normalized spacial score (nSPS) is 33.7. The number of anilines is 1. The van der Waals surface area contributed by atoms with E-state index in [0.29, 0.717) is 18.9 Å². The summed E-state index contributed by atoms with van der Waals surface area (Å²) in [6.45, 7) is 6.94. The molecule has 1 aromatic rings. The number of carbonyl (C=O) groups excluding carboxylic acids is 1. The Labute approximate surface area is 182 Å². The molecule has 0 bridgehead atoms. The number of halogens is 1. The van der Waals surface area contributed by atoms with Gasteiger partial charge in [-0.2, -0.15) is 0 Å². The summed E-state index contributed by atoms with van der Waals surface area (Å²) in [5, 5.41) is 9.81. The van der Waals surface area contributed by atoms with E-state index in [1.165, 1.54) is 13.2 Å². The number of ether oxygens (including phenoxy) is 2. The van der Waals surface area contributed by atoms with Gasteiger partial charge in [0.1, 0.15) is 5.82 Å². The molecule has 0 radical (unpaired) electrons. The van der Waals surface area contributed by atoms with E-state index >= 15 is 0 Å². The summed E-state index contributed by atoms with van der Waals surface area (Å²) in [6, 6.07) is 4.90. The van der Waals surface area contributed by atoms with Gasteiger partial charge in [-0.25, -0.2) is 14.0 Å². The van der Waals surface area contributed by atoms with Crippen LogP contribution in [0.4, 0.5) is 10.1 Å². The molecule has 0 amide bonds. The number of hydrogen-bond donors (Lipinski definition) is 1. The molecule has 1 aromatic carbocycles. The van der Waals surface area contributed by atoms with Crippen LogP contribution in [0, 0.1) is 17.7 Å². The Balaban J connectivity index is 1.39. The number of aliphatic carboxylic acids is 1. The van der Waals surface area contributed by atoms with Crippen molar-refractivity contribution in [1.82, 2.24) is 4.90 Å². The van der Waals surface area contributed by atoms with Crippen molar-refractivity contribution in [2.24, 2.45) is 11.8 Å². The van der Waals surface area contributed by atoms with E-state index in [-0.39, 0.29) is 23.6 Å². The molecular formula is C23H31FN2O5. The third-order valence-corrected chi connectivity index (χ3v) is 7.31. The molecule has 1 N–H and O–H groups in total. The summed E-state index contributed by atoms with van der Waals surface area (Å²) in [6.07, 6.45) is 2.29. The molecule has 8 heteroatoms. The van der Waals surface area contributed by atoms with E-state index in [4.69, 9.17) is 4.74 Å². The first-order chi connectivity index (χ1) is 14.8. The van der Waals surface area contributed by atoms with Gasteiger partial charge in [-0.3, -0.25) is 4.90 Å². The first kappa shape index (κ1) is 22.0. The molecule has 2 unspecified atom stereocenters. The highest BCUT2D eigenvalue weighted by molar-refractivity contribution is 5.90. The fraction of sp³-hybridized carbons (Fsp3) is 0.652. The molecule has 7 nitrogen and oxygen atoms in total. The number of rotatable bonds is 5. The minimum atomic E-state index is -1.01. The lowest BCUT2D eigenvalue weighted by molar-refractivity contribution is -0.183. The highest BCUT2D eigenvalue weighted by Gasteiger charge is 2.58. The van der Waals surface area contributed by atoms with Crippen molar-refractivity contribution in [3.8, 4) is 0 Å². The number of benzene rings is 1. The second-order valence-corrected chi connectivity index (χ2v) is 9.21. The van der Waals surface area contributed by atoms with Crippen LogP contribution >= 0.6 is 0 Å². The van der Waals surface area contributed by atoms with Crippen LogP contribution in [0.2, 0.25) is 0 Å². The Kier molecular flexibility index (Phi) is 5.96. The van der Waals surface area contributed by atoms with Gasteiger partial charge < -0.3 is 19.5 Å². The number of carboxylic acid groups (broad SMARTS) is 1. The highest BCUT2D eigenvalue weighted by atomic mass is 19.1. The smallest absolute Gasteiger partial charge is 0.340 e. The lowest BCUT2D eigenvalue weighted by atomic mass is 9.86. The van der Waals surface area contributed by atoms with Gasteiger partial charge in [-0.1, -0.05) is 6.92 Å². The van der Waals surface area contributed by atoms with E-state index in [1.807, 2.05) is 0 Å². The molecule has 2 heterocycles. The van der Waals surface area contributed by atoms with Crippen molar-refractivity contribution in [2.75, 3.05) is 38.3 Å². The summed E-state index contributed by atoms with van der Waals surface area (Å²) < 4.78 is 24.7. The minimum absolute atomic E-state index is 0.0605. The Bertz CT molecular complexity index is 854. The fourth-order valence-electron chi connectivity index (χ4n) is 5.32. The predicted octanol–water partition coefficient (Wildman–Crippen LogP) is 2.78. The van der Waals surface area contributed by atoms with Gasteiger partial charge in [0.2, 0.25) is 0 Å². The van der Waals surface area contributed by atoms with Gasteiger partial charge in [0.15, 0.2) is 5.60 Å². The highest BCUT2D eigenvalue weighted by Crippen LogP contribution is 2.51. The predicted molar refractivity (Wildman–Crippen MR) is 113 cm³/mol. The Morgan fingerprint density at radius 3 is 2.58 bits per heavy atom. The minimum Gasteiger partial charge on any atom is -0.479 e. The first-order valence-electron chi connectivity index (χ1n) is 11.0. The molecule has 31 heavy (non-hydrogen) atoms. The number of piperazine rings is 1. The zero-order chi connectivity index (χ0) is 22.3. The molecule has 2 saturated heterocycles. The molecular weight excluding hydrogens is 403 g/mol. The molecule has 1 saturated carbocycles. The van der Waals surface area contributed by atoms with Crippen LogP contribution in [0.25, 0.3) is 0 Å². The van der Waals surface area contributed by atoms with Gasteiger partial charge in [0.25, 0.3) is 0 Å². The lowest BCUT2D eigenvalue weighted by Crippen LogP contribution is -2.59. The third-order valence-electron chi connectivity index (χ3n) is 7.31. The molecule has 3 aliphatic rings. The van der Waals surface area contributed by atoms with Crippen molar-refractivity contribution in [1.29, 1.82) is 0 Å². The molecule has 4 rings (SSSR count). The molecule has 170 valence electrons. The van der Waals surface area contributed by atoms with Gasteiger partial charge >= 0.3 is 11.9 Å². The second kappa shape index (κ2) is 8.39. The van der Waals surface area contributed by atoms with Gasteiger partial charge in [0.05, 0.1) is 19.3 Å². The number of nitrogens with zero attached hydrogens (tertiary/aromatic N) is 2. The van der Waals surface area contributed by atoms with Crippen LogP contribution in [-0.4, -0.2) is 73.0 Å². The second-order valence-electron chi connectivity index (χ2n) is 9.21. The molecule has 2 aliphatic heterocycles. The van der Waals surface area contributed by atoms with E-state index in [0.717, 1.165) is 38.2 Å². The van der Waals surface area contributed by atoms with E-state index in [1.54, 1.807) is 12.1 Å².